The monoisotopic (exact) mass is 367 g/mol. The summed E-state index contributed by atoms with van der Waals surface area (Å²) in [7, 11) is 0. The molecule has 1 fully saturated rings. The van der Waals surface area contributed by atoms with Gasteiger partial charge in [0.15, 0.2) is 0 Å². The van der Waals surface area contributed by atoms with Gasteiger partial charge in [-0.2, -0.15) is 26.3 Å². The average molecular weight is 367 g/mol. The maximum Gasteiger partial charge on any atom is 0.389 e. The first-order chi connectivity index (χ1) is 10.7. The molecule has 3 amide bonds. The lowest BCUT2D eigenvalue weighted by molar-refractivity contribution is -0.145. The van der Waals surface area contributed by atoms with E-state index in [1.807, 2.05) is 5.32 Å². The van der Waals surface area contributed by atoms with Gasteiger partial charge in [0.2, 0.25) is 0 Å². The van der Waals surface area contributed by atoms with Crippen molar-refractivity contribution in [3.05, 3.63) is 0 Å². The molecule has 1 aliphatic rings. The number of nitrogens with two attached hydrogens (primary N) is 1. The molecular weight excluding hydrogens is 352 g/mol. The molecule has 0 aromatic heterocycles. The highest BCUT2D eigenvalue weighted by molar-refractivity contribution is 6.04. The third kappa shape index (κ3) is 10.6. The number of carbonyl (C=O) groups excluding carboxylic acids is 2. The molecule has 13 heteroatoms. The first kappa shape index (κ1) is 21.9. The first-order valence-electron chi connectivity index (χ1n) is 6.44. The SMILES string of the molecule is NC(CCC(F)(F)F)C(=O)O.O=C1NC(=O)C(CCC(F)(F)F)N1. The smallest absolute Gasteiger partial charge is 0.389 e. The van der Waals surface area contributed by atoms with Crippen LogP contribution in [0.15, 0.2) is 0 Å². The fraction of sp³-hybridized carbons (Fsp3) is 0.727. The second kappa shape index (κ2) is 8.70. The number of alkyl halides is 6. The van der Waals surface area contributed by atoms with Crippen LogP contribution in [0.1, 0.15) is 25.7 Å². The minimum atomic E-state index is -4.33. The van der Waals surface area contributed by atoms with Gasteiger partial charge in [-0.1, -0.05) is 0 Å². The molecular formula is C11H15F6N3O4. The number of hydrogen-bond acceptors (Lipinski definition) is 4. The van der Waals surface area contributed by atoms with Crippen LogP contribution in [0.3, 0.4) is 0 Å². The lowest BCUT2D eigenvalue weighted by atomic mass is 10.1. The Labute approximate surface area is 131 Å². The Morgan fingerprint density at radius 2 is 1.62 bits per heavy atom. The lowest BCUT2D eigenvalue weighted by Crippen LogP contribution is -2.31. The minimum absolute atomic E-state index is 0.416. The number of carboxylic acids is 1. The zero-order valence-corrected chi connectivity index (χ0v) is 12.0. The predicted molar refractivity (Wildman–Crippen MR) is 66.7 cm³/mol. The van der Waals surface area contributed by atoms with E-state index in [9.17, 15) is 40.7 Å². The van der Waals surface area contributed by atoms with Gasteiger partial charge in [0.1, 0.15) is 12.1 Å². The minimum Gasteiger partial charge on any atom is -0.480 e. The maximum absolute atomic E-state index is 11.7. The van der Waals surface area contributed by atoms with E-state index < -0.39 is 68.0 Å². The summed E-state index contributed by atoms with van der Waals surface area (Å²) in [4.78, 5) is 31.1. The van der Waals surface area contributed by atoms with Crippen LogP contribution < -0.4 is 16.4 Å². The second-order valence-electron chi connectivity index (χ2n) is 4.77. The van der Waals surface area contributed by atoms with Crippen LogP contribution in [-0.2, 0) is 9.59 Å². The molecule has 0 aromatic carbocycles. The molecule has 2 atom stereocenters. The Balaban J connectivity index is 0.000000449. The number of halogens is 6. The number of amides is 3. The van der Waals surface area contributed by atoms with E-state index in [4.69, 9.17) is 10.8 Å². The molecule has 5 N–H and O–H groups in total. The number of aliphatic carboxylic acids is 1. The van der Waals surface area contributed by atoms with E-state index in [0.29, 0.717) is 0 Å². The highest BCUT2D eigenvalue weighted by Gasteiger charge is 2.34. The van der Waals surface area contributed by atoms with Gasteiger partial charge >= 0.3 is 24.4 Å². The molecule has 0 saturated carbocycles. The quantitative estimate of drug-likeness (QED) is 0.431. The molecule has 1 aliphatic heterocycles. The largest absolute Gasteiger partial charge is 0.480 e. The van der Waals surface area contributed by atoms with Gasteiger partial charge in [-0.3, -0.25) is 14.9 Å². The highest BCUT2D eigenvalue weighted by atomic mass is 19.4. The third-order valence-corrected chi connectivity index (χ3v) is 2.63. The van der Waals surface area contributed by atoms with Gasteiger partial charge in [-0.05, 0) is 12.8 Å². The number of carbonyl (C=O) groups is 3. The van der Waals surface area contributed by atoms with Crippen molar-refractivity contribution in [3.63, 3.8) is 0 Å². The van der Waals surface area contributed by atoms with Crippen molar-refractivity contribution < 1.29 is 45.8 Å². The molecule has 2 unspecified atom stereocenters. The molecule has 0 bridgehead atoms. The van der Waals surface area contributed by atoms with Crippen molar-refractivity contribution in [3.8, 4) is 0 Å². The standard InChI is InChI=1S/C6H7F3N2O2.C5H8F3NO2/c7-6(8,9)2-1-3-4(12)11-5(13)10-3;6-5(7,8)2-1-3(9)4(10)11/h3H,1-2H2,(H2,10,11,12,13);3H,1-2,9H2,(H,10,11). The van der Waals surface area contributed by atoms with Gasteiger partial charge in [0, 0.05) is 12.8 Å². The summed E-state index contributed by atoms with van der Waals surface area (Å²) in [6, 6.07) is -3.21. The molecule has 0 radical (unpaired) electrons. The summed E-state index contributed by atoms with van der Waals surface area (Å²) in [6.07, 6.45) is -11.8. The molecule has 24 heavy (non-hydrogen) atoms. The number of hydrogen-bond donors (Lipinski definition) is 4. The van der Waals surface area contributed by atoms with E-state index in [-0.39, 0.29) is 0 Å². The number of carboxylic acid groups (broad SMARTS) is 1. The average Bonchev–Trinajstić information content (AvgIpc) is 2.71. The fourth-order valence-electron chi connectivity index (χ4n) is 1.41. The van der Waals surface area contributed by atoms with Crippen molar-refractivity contribution in [1.82, 2.24) is 10.6 Å². The van der Waals surface area contributed by atoms with Crippen LogP contribution in [-0.4, -0.2) is 47.5 Å². The zero-order valence-electron chi connectivity index (χ0n) is 12.0. The second-order valence-corrected chi connectivity index (χ2v) is 4.77. The first-order valence-corrected chi connectivity index (χ1v) is 6.44. The Kier molecular flexibility index (Phi) is 7.96. The van der Waals surface area contributed by atoms with Gasteiger partial charge in [0.25, 0.3) is 5.91 Å². The molecule has 0 aliphatic carbocycles. The molecule has 0 spiro atoms. The molecule has 1 rings (SSSR count). The molecule has 140 valence electrons. The van der Waals surface area contributed by atoms with E-state index >= 15 is 0 Å². The van der Waals surface area contributed by atoms with Crippen molar-refractivity contribution in [2.75, 3.05) is 0 Å². The number of imide groups is 1. The van der Waals surface area contributed by atoms with Gasteiger partial charge < -0.3 is 16.2 Å². The normalized spacial score (nSPS) is 19.0. The molecule has 1 heterocycles. The van der Waals surface area contributed by atoms with Crippen LogP contribution in [0.4, 0.5) is 31.1 Å². The van der Waals surface area contributed by atoms with Crippen LogP contribution in [0.5, 0.6) is 0 Å². The molecule has 0 aromatic rings. The van der Waals surface area contributed by atoms with Crippen molar-refractivity contribution >= 4 is 17.9 Å². The summed E-state index contributed by atoms with van der Waals surface area (Å²) in [5.74, 6) is -2.11. The topological polar surface area (TPSA) is 122 Å². The van der Waals surface area contributed by atoms with Gasteiger partial charge in [0.05, 0.1) is 0 Å². The number of urea groups is 1. The van der Waals surface area contributed by atoms with Crippen LogP contribution in [0, 0.1) is 0 Å². The predicted octanol–water partition coefficient (Wildman–Crippen LogP) is 1.28. The van der Waals surface area contributed by atoms with E-state index in [0.717, 1.165) is 0 Å². The van der Waals surface area contributed by atoms with Crippen LogP contribution in [0.2, 0.25) is 0 Å². The maximum atomic E-state index is 11.7. The summed E-state index contributed by atoms with van der Waals surface area (Å²) in [6.45, 7) is 0. The molecule has 7 nitrogen and oxygen atoms in total. The summed E-state index contributed by atoms with van der Waals surface area (Å²) < 4.78 is 69.4. The third-order valence-electron chi connectivity index (χ3n) is 2.63. The number of nitrogens with one attached hydrogen (secondary N) is 2. The van der Waals surface area contributed by atoms with Crippen molar-refractivity contribution in [2.45, 2.75) is 50.1 Å². The summed E-state index contributed by atoms with van der Waals surface area (Å²) in [5, 5.41) is 12.0. The highest BCUT2D eigenvalue weighted by Crippen LogP contribution is 2.23. The fourth-order valence-corrected chi connectivity index (χ4v) is 1.41. The Morgan fingerprint density at radius 1 is 1.12 bits per heavy atom. The van der Waals surface area contributed by atoms with Crippen LogP contribution in [0.25, 0.3) is 0 Å². The molecule has 1 saturated heterocycles. The van der Waals surface area contributed by atoms with E-state index in [1.165, 1.54) is 0 Å². The Morgan fingerprint density at radius 3 is 1.96 bits per heavy atom. The Hall–Kier alpha value is -2.05. The zero-order chi connectivity index (χ0) is 19.1. The van der Waals surface area contributed by atoms with Crippen molar-refractivity contribution in [1.29, 1.82) is 0 Å². The lowest BCUT2D eigenvalue weighted by Gasteiger charge is -2.08. The van der Waals surface area contributed by atoms with Gasteiger partial charge in [-0.15, -0.1) is 0 Å². The van der Waals surface area contributed by atoms with E-state index in [1.54, 1.807) is 0 Å². The Bertz CT molecular complexity index is 466. The van der Waals surface area contributed by atoms with Gasteiger partial charge in [-0.25, -0.2) is 4.79 Å². The van der Waals surface area contributed by atoms with E-state index in [2.05, 4.69) is 5.32 Å². The summed E-state index contributed by atoms with van der Waals surface area (Å²) >= 11 is 0. The van der Waals surface area contributed by atoms with Crippen molar-refractivity contribution in [2.24, 2.45) is 5.73 Å². The van der Waals surface area contributed by atoms with Crippen LogP contribution >= 0.6 is 0 Å². The summed E-state index contributed by atoms with van der Waals surface area (Å²) in [5.41, 5.74) is 4.82. The number of rotatable bonds is 5.